The fourth-order valence-corrected chi connectivity index (χ4v) is 4.43. The lowest BCUT2D eigenvalue weighted by Crippen LogP contribution is -2.37. The van der Waals surface area contributed by atoms with Gasteiger partial charge in [0.1, 0.15) is 11.5 Å². The molecule has 1 heterocycles. The monoisotopic (exact) mass is 470 g/mol. The minimum Gasteiger partial charge on any atom is -0.497 e. The van der Waals surface area contributed by atoms with Gasteiger partial charge in [-0.1, -0.05) is 48.5 Å². The number of nitrogens with zero attached hydrogens (tertiary/aromatic N) is 1. The van der Waals surface area contributed by atoms with Crippen molar-refractivity contribution in [2.45, 2.75) is 31.8 Å². The Kier molecular flexibility index (Phi) is 7.51. The number of fused-ring (bicyclic) bond motifs is 1. The van der Waals surface area contributed by atoms with Gasteiger partial charge in [0.2, 0.25) is 11.8 Å². The highest BCUT2D eigenvalue weighted by Gasteiger charge is 2.29. The van der Waals surface area contributed by atoms with Crippen molar-refractivity contribution in [2.75, 3.05) is 14.2 Å². The van der Waals surface area contributed by atoms with Gasteiger partial charge < -0.3 is 19.7 Å². The van der Waals surface area contributed by atoms with E-state index in [1.807, 2.05) is 78.9 Å². The predicted octanol–water partition coefficient (Wildman–Crippen LogP) is 5.07. The van der Waals surface area contributed by atoms with E-state index in [-0.39, 0.29) is 30.3 Å². The number of hydrogen-bond acceptors (Lipinski definition) is 4. The minimum atomic E-state index is -0.355. The molecule has 0 radical (unpaired) electrons. The number of methoxy groups -OCH3 is 2. The number of nitrogens with one attached hydrogen (secondary N) is 1. The summed E-state index contributed by atoms with van der Waals surface area (Å²) in [4.78, 5) is 27.3. The molecule has 3 aromatic carbocycles. The summed E-state index contributed by atoms with van der Waals surface area (Å²) in [5.74, 6) is 1.32. The summed E-state index contributed by atoms with van der Waals surface area (Å²) in [6.07, 6.45) is 4.45. The molecule has 3 aromatic rings. The zero-order valence-corrected chi connectivity index (χ0v) is 20.2. The molecule has 1 aliphatic heterocycles. The largest absolute Gasteiger partial charge is 0.497 e. The van der Waals surface area contributed by atoms with E-state index in [1.165, 1.54) is 6.92 Å². The standard InChI is InChI=1S/C29H30N2O4/c1-20(32)31-17-16-22-6-4-5-7-26(22)28(31)19-29(33)30-27(23-10-14-25(35-3)15-11-23)18-21-8-12-24(34-2)13-9-21/h4-17,27-28H,18-19H2,1-3H3,(H,30,33)/t27-,28-/m1/s1. The molecule has 0 saturated carbocycles. The van der Waals surface area contributed by atoms with Crippen LogP contribution in [0.4, 0.5) is 0 Å². The maximum atomic E-state index is 13.4. The van der Waals surface area contributed by atoms with E-state index in [1.54, 1.807) is 25.3 Å². The van der Waals surface area contributed by atoms with E-state index >= 15 is 0 Å². The van der Waals surface area contributed by atoms with Crippen molar-refractivity contribution >= 4 is 17.9 Å². The molecule has 35 heavy (non-hydrogen) atoms. The zero-order valence-electron chi connectivity index (χ0n) is 20.2. The molecule has 0 spiro atoms. The third kappa shape index (κ3) is 5.72. The summed E-state index contributed by atoms with van der Waals surface area (Å²) in [7, 11) is 3.27. The summed E-state index contributed by atoms with van der Waals surface area (Å²) in [6, 6.07) is 22.8. The topological polar surface area (TPSA) is 67.9 Å². The van der Waals surface area contributed by atoms with Gasteiger partial charge in [-0.2, -0.15) is 0 Å². The number of amides is 2. The van der Waals surface area contributed by atoms with Gasteiger partial charge >= 0.3 is 0 Å². The van der Waals surface area contributed by atoms with Crippen LogP contribution in [-0.4, -0.2) is 30.9 Å². The van der Waals surface area contributed by atoms with Crippen molar-refractivity contribution < 1.29 is 19.1 Å². The molecule has 0 aliphatic carbocycles. The van der Waals surface area contributed by atoms with E-state index in [9.17, 15) is 9.59 Å². The van der Waals surface area contributed by atoms with Gasteiger partial charge in [-0.15, -0.1) is 0 Å². The Morgan fingerprint density at radius 1 is 0.914 bits per heavy atom. The van der Waals surface area contributed by atoms with Crippen LogP contribution >= 0.6 is 0 Å². The highest BCUT2D eigenvalue weighted by molar-refractivity contribution is 5.82. The molecule has 1 aliphatic rings. The van der Waals surface area contributed by atoms with Crippen molar-refractivity contribution in [3.63, 3.8) is 0 Å². The predicted molar refractivity (Wildman–Crippen MR) is 136 cm³/mol. The van der Waals surface area contributed by atoms with Crippen LogP contribution in [-0.2, 0) is 16.0 Å². The molecule has 0 bridgehead atoms. The first-order chi connectivity index (χ1) is 17.0. The molecule has 2 atom stereocenters. The first-order valence-electron chi connectivity index (χ1n) is 11.6. The normalized spacial score (nSPS) is 15.2. The first kappa shape index (κ1) is 24.1. The first-order valence-corrected chi connectivity index (χ1v) is 11.6. The highest BCUT2D eigenvalue weighted by atomic mass is 16.5. The molecule has 0 aromatic heterocycles. The number of carbonyl (C=O) groups excluding carboxylic acids is 2. The molecule has 6 heteroatoms. The lowest BCUT2D eigenvalue weighted by atomic mass is 9.93. The van der Waals surface area contributed by atoms with Crippen molar-refractivity contribution in [1.82, 2.24) is 10.2 Å². The van der Waals surface area contributed by atoms with Crippen LogP contribution in [0.15, 0.2) is 79.0 Å². The lowest BCUT2D eigenvalue weighted by molar-refractivity contribution is -0.130. The molecule has 0 fully saturated rings. The molecular weight excluding hydrogens is 440 g/mol. The fourth-order valence-electron chi connectivity index (χ4n) is 4.43. The van der Waals surface area contributed by atoms with Crippen LogP contribution < -0.4 is 14.8 Å². The Labute approximate surface area is 206 Å². The number of carbonyl (C=O) groups is 2. The number of ether oxygens (including phenoxy) is 2. The number of hydrogen-bond donors (Lipinski definition) is 1. The highest BCUT2D eigenvalue weighted by Crippen LogP contribution is 2.33. The van der Waals surface area contributed by atoms with Crippen molar-refractivity contribution in [3.05, 3.63) is 101 Å². The van der Waals surface area contributed by atoms with Gasteiger partial charge in [-0.3, -0.25) is 9.59 Å². The Morgan fingerprint density at radius 2 is 1.54 bits per heavy atom. The van der Waals surface area contributed by atoms with Crippen molar-refractivity contribution in [2.24, 2.45) is 0 Å². The zero-order chi connectivity index (χ0) is 24.8. The third-order valence-electron chi connectivity index (χ3n) is 6.30. The van der Waals surface area contributed by atoms with Crippen LogP contribution in [0.25, 0.3) is 6.08 Å². The SMILES string of the molecule is COc1ccc(C[C@@H](NC(=O)C[C@@H]2c3ccccc3C=CN2C(C)=O)c2ccc(OC)cc2)cc1. The maximum absolute atomic E-state index is 13.4. The quantitative estimate of drug-likeness (QED) is 0.499. The van der Waals surface area contributed by atoms with E-state index in [0.717, 1.165) is 33.8 Å². The van der Waals surface area contributed by atoms with Gasteiger partial charge in [0.15, 0.2) is 0 Å². The van der Waals surface area contributed by atoms with Crippen molar-refractivity contribution in [1.29, 1.82) is 0 Å². The lowest BCUT2D eigenvalue weighted by Gasteiger charge is -2.32. The average Bonchev–Trinajstić information content (AvgIpc) is 2.88. The second-order valence-electron chi connectivity index (χ2n) is 8.54. The molecule has 0 unspecified atom stereocenters. The fraction of sp³-hybridized carbons (Fsp3) is 0.241. The van der Waals surface area contributed by atoms with E-state index in [0.29, 0.717) is 6.42 Å². The molecule has 1 N–H and O–H groups in total. The summed E-state index contributed by atoms with van der Waals surface area (Å²) in [6.45, 7) is 1.52. The molecule has 2 amide bonds. The Morgan fingerprint density at radius 3 is 2.17 bits per heavy atom. The van der Waals surface area contributed by atoms with Crippen LogP contribution in [0.2, 0.25) is 0 Å². The third-order valence-corrected chi connectivity index (χ3v) is 6.30. The Hall–Kier alpha value is -4.06. The van der Waals surface area contributed by atoms with E-state index in [2.05, 4.69) is 5.32 Å². The molecule has 4 rings (SSSR count). The average molecular weight is 471 g/mol. The summed E-state index contributed by atoms with van der Waals surface area (Å²) in [5.41, 5.74) is 4.04. The van der Waals surface area contributed by atoms with E-state index in [4.69, 9.17) is 9.47 Å². The minimum absolute atomic E-state index is 0.0986. The second kappa shape index (κ2) is 10.9. The second-order valence-corrected chi connectivity index (χ2v) is 8.54. The van der Waals surface area contributed by atoms with Crippen LogP contribution in [0.3, 0.4) is 0 Å². The summed E-state index contributed by atoms with van der Waals surface area (Å²) >= 11 is 0. The molecular formula is C29H30N2O4. The Bertz CT molecular complexity index is 1200. The molecule has 6 nitrogen and oxygen atoms in total. The van der Waals surface area contributed by atoms with Crippen LogP contribution in [0.5, 0.6) is 11.5 Å². The molecule has 180 valence electrons. The smallest absolute Gasteiger partial charge is 0.223 e. The van der Waals surface area contributed by atoms with Gasteiger partial charge in [-0.05, 0) is 59.0 Å². The van der Waals surface area contributed by atoms with Gasteiger partial charge in [0, 0.05) is 13.1 Å². The van der Waals surface area contributed by atoms with Gasteiger partial charge in [0.05, 0.1) is 32.7 Å². The van der Waals surface area contributed by atoms with Crippen LogP contribution in [0.1, 0.15) is 47.7 Å². The van der Waals surface area contributed by atoms with Gasteiger partial charge in [0.25, 0.3) is 0 Å². The van der Waals surface area contributed by atoms with Crippen molar-refractivity contribution in [3.8, 4) is 11.5 Å². The Balaban J connectivity index is 1.57. The summed E-state index contributed by atoms with van der Waals surface area (Å²) in [5, 5.41) is 3.21. The number of benzene rings is 3. The summed E-state index contributed by atoms with van der Waals surface area (Å²) < 4.78 is 10.6. The number of rotatable bonds is 8. The van der Waals surface area contributed by atoms with Gasteiger partial charge in [-0.25, -0.2) is 0 Å². The maximum Gasteiger partial charge on any atom is 0.223 e. The van der Waals surface area contributed by atoms with E-state index < -0.39 is 0 Å². The van der Waals surface area contributed by atoms with Crippen LogP contribution in [0, 0.1) is 0 Å². The molecule has 0 saturated heterocycles.